The van der Waals surface area contributed by atoms with E-state index in [1.165, 1.54) is 0 Å². The van der Waals surface area contributed by atoms with Gasteiger partial charge in [0, 0.05) is 21.5 Å². The maximum Gasteiger partial charge on any atom is 0.419 e. The van der Waals surface area contributed by atoms with Crippen molar-refractivity contribution in [2.24, 2.45) is 0 Å². The number of aromatic nitrogens is 2. The highest BCUT2D eigenvalue weighted by Crippen LogP contribution is 2.39. The van der Waals surface area contributed by atoms with Crippen molar-refractivity contribution in [1.29, 1.82) is 0 Å². The number of carbonyl (C=O) groups excluding carboxylic acids is 2. The van der Waals surface area contributed by atoms with Crippen LogP contribution >= 0.6 is 0 Å². The Kier molecular flexibility index (Phi) is 8.13. The van der Waals surface area contributed by atoms with Gasteiger partial charge in [-0.3, -0.25) is 0 Å². The second-order valence-electron chi connectivity index (χ2n) is 13.5. The molecule has 0 spiro atoms. The van der Waals surface area contributed by atoms with Crippen LogP contribution in [0.15, 0.2) is 72.8 Å². The van der Waals surface area contributed by atoms with Crippen molar-refractivity contribution in [3.63, 3.8) is 0 Å². The molecule has 2 heterocycles. The van der Waals surface area contributed by atoms with Gasteiger partial charge in [-0.1, -0.05) is 36.4 Å². The van der Waals surface area contributed by atoms with Crippen molar-refractivity contribution in [2.45, 2.75) is 66.0 Å². The van der Waals surface area contributed by atoms with Gasteiger partial charge in [0.05, 0.1) is 38.5 Å². The molecule has 0 N–H and O–H groups in total. The van der Waals surface area contributed by atoms with E-state index in [9.17, 15) is 9.59 Å². The molecule has 6 aromatic rings. The average Bonchev–Trinajstić information content (AvgIpc) is 3.52. The summed E-state index contributed by atoms with van der Waals surface area (Å²) in [5.74, 6) is 1.09. The van der Waals surface area contributed by atoms with Crippen LogP contribution in [0.4, 0.5) is 9.59 Å². The van der Waals surface area contributed by atoms with E-state index in [0.717, 1.165) is 43.7 Å². The largest absolute Gasteiger partial charge is 0.495 e. The topological polar surface area (TPSA) is 90.2 Å². The lowest BCUT2D eigenvalue weighted by molar-refractivity contribution is 0.0539. The third kappa shape index (κ3) is 6.11. The number of ether oxygens (including phenoxy) is 5. The summed E-state index contributed by atoms with van der Waals surface area (Å²) in [5, 5.41) is 3.54. The van der Waals surface area contributed by atoms with Gasteiger partial charge >= 0.3 is 12.2 Å². The third-order valence-corrected chi connectivity index (χ3v) is 7.72. The fraction of sp³-hybridized carbons (Fsp3) is 0.316. The Morgan fingerprint density at radius 1 is 0.574 bits per heavy atom. The molecule has 244 valence electrons. The summed E-state index contributed by atoms with van der Waals surface area (Å²) in [6.07, 6.45) is -0.938. The molecule has 0 saturated heterocycles. The van der Waals surface area contributed by atoms with Crippen molar-refractivity contribution in [3.05, 3.63) is 83.9 Å². The van der Waals surface area contributed by atoms with Gasteiger partial charge in [0.15, 0.2) is 0 Å². The van der Waals surface area contributed by atoms with E-state index in [4.69, 9.17) is 23.7 Å². The Balaban J connectivity index is 1.34. The van der Waals surface area contributed by atoms with Gasteiger partial charge in [0.25, 0.3) is 0 Å². The van der Waals surface area contributed by atoms with Crippen molar-refractivity contribution in [1.82, 2.24) is 9.13 Å². The Morgan fingerprint density at radius 2 is 0.957 bits per heavy atom. The predicted molar refractivity (Wildman–Crippen MR) is 184 cm³/mol. The van der Waals surface area contributed by atoms with Gasteiger partial charge in [-0.2, -0.15) is 0 Å². The molecule has 2 aromatic heterocycles. The summed E-state index contributed by atoms with van der Waals surface area (Å²) >= 11 is 0. The number of para-hydroxylation sites is 2. The lowest BCUT2D eigenvalue weighted by Gasteiger charge is -2.20. The molecule has 0 aliphatic rings. The van der Waals surface area contributed by atoms with E-state index in [2.05, 4.69) is 0 Å². The third-order valence-electron chi connectivity index (χ3n) is 7.72. The molecule has 0 atom stereocenters. The zero-order valence-electron chi connectivity index (χ0n) is 28.1. The van der Waals surface area contributed by atoms with E-state index in [1.54, 1.807) is 23.4 Å². The minimum absolute atomic E-state index is 0.290. The maximum atomic E-state index is 13.4. The van der Waals surface area contributed by atoms with E-state index in [-0.39, 0.29) is 13.2 Å². The van der Waals surface area contributed by atoms with Crippen molar-refractivity contribution >= 4 is 55.8 Å². The lowest BCUT2D eigenvalue weighted by atomic mass is 10.1. The first-order chi connectivity index (χ1) is 22.3. The molecule has 0 radical (unpaired) electrons. The molecule has 0 amide bonds. The number of fused-ring (bicyclic) bond motifs is 6. The minimum Gasteiger partial charge on any atom is -0.495 e. The van der Waals surface area contributed by atoms with Gasteiger partial charge in [0.2, 0.25) is 0 Å². The van der Waals surface area contributed by atoms with Crippen molar-refractivity contribution < 1.29 is 33.3 Å². The Hall–Kier alpha value is -5.02. The molecule has 0 unspecified atom stereocenters. The quantitative estimate of drug-likeness (QED) is 0.180. The van der Waals surface area contributed by atoms with Crippen LogP contribution in [0.3, 0.4) is 0 Å². The number of methoxy groups -OCH3 is 2. The minimum atomic E-state index is -0.661. The molecule has 0 saturated carbocycles. The Bertz CT molecular complexity index is 2010. The van der Waals surface area contributed by atoms with Gasteiger partial charge in [0.1, 0.15) is 33.7 Å². The highest BCUT2D eigenvalue weighted by Gasteiger charge is 2.26. The maximum absolute atomic E-state index is 13.4. The number of nitrogens with zero attached hydrogens (tertiary/aromatic N) is 2. The number of benzene rings is 4. The van der Waals surface area contributed by atoms with Crippen LogP contribution in [0, 0.1) is 0 Å². The van der Waals surface area contributed by atoms with E-state index < -0.39 is 23.4 Å². The van der Waals surface area contributed by atoms with Crippen LogP contribution < -0.4 is 9.47 Å². The monoisotopic (exact) mass is 636 g/mol. The van der Waals surface area contributed by atoms with Crippen LogP contribution in [0.2, 0.25) is 0 Å². The summed E-state index contributed by atoms with van der Waals surface area (Å²) in [4.78, 5) is 26.8. The van der Waals surface area contributed by atoms with Crippen LogP contribution in [0.1, 0.15) is 52.7 Å². The molecule has 0 fully saturated rings. The molecular weight excluding hydrogens is 596 g/mol. The van der Waals surface area contributed by atoms with Crippen molar-refractivity contribution in [2.75, 3.05) is 14.2 Å². The average molecular weight is 637 g/mol. The molecule has 4 aromatic carbocycles. The highest BCUT2D eigenvalue weighted by molar-refractivity contribution is 6.15. The molecular formula is C38H40N2O7. The zero-order chi connectivity index (χ0) is 33.7. The van der Waals surface area contributed by atoms with Crippen molar-refractivity contribution in [3.8, 4) is 11.5 Å². The van der Waals surface area contributed by atoms with Crippen LogP contribution in [-0.2, 0) is 27.4 Å². The second-order valence-corrected chi connectivity index (χ2v) is 13.5. The summed E-state index contributed by atoms with van der Waals surface area (Å²) < 4.78 is 32.6. The Labute approximate surface area is 273 Å². The van der Waals surface area contributed by atoms with Gasteiger partial charge in [-0.05, 0) is 89.1 Å². The number of hydrogen-bond acceptors (Lipinski definition) is 7. The van der Waals surface area contributed by atoms with Crippen LogP contribution in [-0.4, -0.2) is 46.7 Å². The molecule has 0 aliphatic heterocycles. The highest BCUT2D eigenvalue weighted by atomic mass is 16.6. The summed E-state index contributed by atoms with van der Waals surface area (Å²) in [7, 11) is 3.18. The molecule has 6 rings (SSSR count). The summed E-state index contributed by atoms with van der Waals surface area (Å²) in [6, 6.07) is 23.3. The first kappa shape index (κ1) is 31.9. The van der Waals surface area contributed by atoms with Crippen LogP contribution in [0.5, 0.6) is 11.5 Å². The molecule has 0 aliphatic carbocycles. The van der Waals surface area contributed by atoms with Crippen LogP contribution in [0.25, 0.3) is 43.6 Å². The lowest BCUT2D eigenvalue weighted by Crippen LogP contribution is -2.27. The fourth-order valence-corrected chi connectivity index (χ4v) is 5.99. The predicted octanol–water partition coefficient (Wildman–Crippen LogP) is 9.20. The fourth-order valence-electron chi connectivity index (χ4n) is 5.99. The molecule has 9 heteroatoms. The standard InChI is InChI=1S/C38H40N2O7/c1-37(2,3)46-35(41)39-29-15-11-9-13-25(29)27-17-23(19-31(43-7)33(27)39)21-45-22-24-18-28-26-14-10-12-16-30(26)40(34(28)32(20-24)44-8)36(42)47-38(4,5)6/h9-20H,21-22H2,1-8H3. The summed E-state index contributed by atoms with van der Waals surface area (Å²) in [5.41, 5.74) is 3.20. The normalized spacial score (nSPS) is 12.3. The zero-order valence-corrected chi connectivity index (χ0v) is 28.1. The SMILES string of the molecule is COc1cc(COCc2cc(OC)c3c(c2)c2ccccc2n3C(=O)OC(C)(C)C)cc2c3ccccc3n(C(=O)OC(C)(C)C)c12. The molecule has 47 heavy (non-hydrogen) atoms. The number of carbonyl (C=O) groups is 2. The van der Waals surface area contributed by atoms with E-state index in [0.29, 0.717) is 22.5 Å². The molecule has 0 bridgehead atoms. The first-order valence-electron chi connectivity index (χ1n) is 15.5. The summed E-state index contributed by atoms with van der Waals surface area (Å²) in [6.45, 7) is 11.7. The van der Waals surface area contributed by atoms with Gasteiger partial charge in [-0.15, -0.1) is 0 Å². The Morgan fingerprint density at radius 3 is 1.32 bits per heavy atom. The second kappa shape index (κ2) is 12.0. The first-order valence-corrected chi connectivity index (χ1v) is 15.5. The van der Waals surface area contributed by atoms with E-state index in [1.807, 2.05) is 114 Å². The smallest absolute Gasteiger partial charge is 0.419 e. The van der Waals surface area contributed by atoms with E-state index >= 15 is 0 Å². The van der Waals surface area contributed by atoms with Gasteiger partial charge in [-0.25, -0.2) is 18.7 Å². The molecule has 9 nitrogen and oxygen atoms in total. The van der Waals surface area contributed by atoms with Gasteiger partial charge < -0.3 is 23.7 Å². The number of rotatable bonds is 6. The number of hydrogen-bond donors (Lipinski definition) is 0.